The Morgan fingerprint density at radius 3 is 1.29 bits per heavy atom. The van der Waals surface area contributed by atoms with E-state index in [2.05, 4.69) is 184 Å². The second kappa shape index (κ2) is 13.2. The first-order valence-corrected chi connectivity index (χ1v) is 17.4. The van der Waals surface area contributed by atoms with Crippen LogP contribution in [0, 0.1) is 11.8 Å². The van der Waals surface area contributed by atoms with E-state index in [9.17, 15) is 0 Å². The molecule has 0 aliphatic rings. The monoisotopic (exact) mass is 626 g/mol. The lowest BCUT2D eigenvalue weighted by Crippen LogP contribution is -1.98. The molecule has 0 saturated carbocycles. The van der Waals surface area contributed by atoms with Crippen LogP contribution in [0.5, 0.6) is 0 Å². The fourth-order valence-corrected chi connectivity index (χ4v) is 7.49. The highest BCUT2D eigenvalue weighted by Gasteiger charge is 2.16. The SMILES string of the molecule is CC(C)Cc1cc2c(cc1-c1ccccc1)c1ccccc1n2C.CC(C)Cc1cc2c3ccccc3n(C)c2cc1-c1ccccc1. The summed E-state index contributed by atoms with van der Waals surface area (Å²) in [6.45, 7) is 9.17. The number of aryl methyl sites for hydroxylation is 2. The largest absolute Gasteiger partial charge is 0.344 e. The Bertz CT molecular complexity index is 2350. The summed E-state index contributed by atoms with van der Waals surface area (Å²) in [4.78, 5) is 0. The van der Waals surface area contributed by atoms with E-state index in [0.29, 0.717) is 11.8 Å². The first-order valence-electron chi connectivity index (χ1n) is 17.4. The maximum atomic E-state index is 2.42. The minimum atomic E-state index is 0.639. The standard InChI is InChI=1S/2C23H23N/c1-16(2)13-18-14-23-21(15-20(18)17-9-5-4-6-10-17)19-11-7-8-12-22(19)24(23)3;1-16(2)13-18-14-21-19-11-7-8-12-22(19)24(3)23(21)15-20(18)17-9-5-4-6-10-17/h2*4-12,14-16H,13H2,1-3H3. The Kier molecular flexibility index (Phi) is 8.67. The van der Waals surface area contributed by atoms with E-state index in [4.69, 9.17) is 0 Å². The van der Waals surface area contributed by atoms with Gasteiger partial charge in [-0.1, -0.05) is 125 Å². The van der Waals surface area contributed by atoms with E-state index in [-0.39, 0.29) is 0 Å². The van der Waals surface area contributed by atoms with Crippen LogP contribution in [0.15, 0.2) is 133 Å². The fraction of sp³-hybridized carbons (Fsp3) is 0.217. The summed E-state index contributed by atoms with van der Waals surface area (Å²) in [7, 11) is 4.34. The van der Waals surface area contributed by atoms with Crippen molar-refractivity contribution in [2.24, 2.45) is 25.9 Å². The van der Waals surface area contributed by atoms with E-state index in [1.165, 1.54) is 77.0 Å². The van der Waals surface area contributed by atoms with Gasteiger partial charge in [0.05, 0.1) is 0 Å². The predicted octanol–water partition coefficient (Wildman–Crippen LogP) is 12.4. The molecule has 8 aromatic rings. The van der Waals surface area contributed by atoms with Crippen LogP contribution in [0.3, 0.4) is 0 Å². The van der Waals surface area contributed by atoms with Crippen molar-refractivity contribution < 1.29 is 0 Å². The zero-order valence-corrected chi connectivity index (χ0v) is 29.2. The average Bonchev–Trinajstić information content (AvgIpc) is 3.54. The number of nitrogens with zero attached hydrogens (tertiary/aromatic N) is 2. The van der Waals surface area contributed by atoms with Crippen LogP contribution in [0.25, 0.3) is 65.9 Å². The Labute approximate surface area is 285 Å². The highest BCUT2D eigenvalue weighted by atomic mass is 14.9. The number of fused-ring (bicyclic) bond motifs is 6. The van der Waals surface area contributed by atoms with Crippen molar-refractivity contribution in [2.45, 2.75) is 40.5 Å². The highest BCUT2D eigenvalue weighted by Crippen LogP contribution is 2.37. The van der Waals surface area contributed by atoms with Gasteiger partial charge in [-0.3, -0.25) is 0 Å². The van der Waals surface area contributed by atoms with Crippen molar-refractivity contribution in [1.82, 2.24) is 9.13 Å². The lowest BCUT2D eigenvalue weighted by molar-refractivity contribution is 0.648. The molecular formula is C46H46N2. The number of aromatic nitrogens is 2. The summed E-state index contributed by atoms with van der Waals surface area (Å²) in [6.07, 6.45) is 2.20. The zero-order chi connectivity index (χ0) is 33.4. The molecule has 0 unspecified atom stereocenters. The van der Waals surface area contributed by atoms with Crippen molar-refractivity contribution in [3.8, 4) is 22.3 Å². The van der Waals surface area contributed by atoms with Crippen LogP contribution >= 0.6 is 0 Å². The summed E-state index contributed by atoms with van der Waals surface area (Å²) in [5, 5.41) is 5.39. The van der Waals surface area contributed by atoms with Crippen LogP contribution in [0.1, 0.15) is 38.8 Å². The van der Waals surface area contributed by atoms with E-state index in [0.717, 1.165) is 12.8 Å². The number of hydrogen-bond acceptors (Lipinski definition) is 0. The predicted molar refractivity (Wildman–Crippen MR) is 209 cm³/mol. The summed E-state index contributed by atoms with van der Waals surface area (Å²) < 4.78 is 4.64. The third-order valence-corrected chi connectivity index (χ3v) is 9.70. The maximum Gasteiger partial charge on any atom is 0.0495 e. The van der Waals surface area contributed by atoms with E-state index < -0.39 is 0 Å². The number of benzene rings is 6. The van der Waals surface area contributed by atoms with Crippen LogP contribution in [0.2, 0.25) is 0 Å². The maximum absolute atomic E-state index is 2.42. The third kappa shape index (κ3) is 5.92. The first kappa shape index (κ1) is 31.5. The van der Waals surface area contributed by atoms with Gasteiger partial charge in [0.15, 0.2) is 0 Å². The first-order chi connectivity index (χ1) is 23.3. The Balaban J connectivity index is 0.000000152. The van der Waals surface area contributed by atoms with Gasteiger partial charge >= 0.3 is 0 Å². The molecule has 2 nitrogen and oxygen atoms in total. The molecule has 240 valence electrons. The molecule has 0 atom stereocenters. The quantitative estimate of drug-likeness (QED) is 0.174. The van der Waals surface area contributed by atoms with Gasteiger partial charge in [-0.05, 0) is 94.5 Å². The number of para-hydroxylation sites is 2. The number of rotatable bonds is 6. The van der Waals surface area contributed by atoms with Gasteiger partial charge in [0.2, 0.25) is 0 Å². The molecule has 0 bridgehead atoms. The van der Waals surface area contributed by atoms with Gasteiger partial charge in [0.1, 0.15) is 0 Å². The molecule has 48 heavy (non-hydrogen) atoms. The summed E-state index contributed by atoms with van der Waals surface area (Å²) in [5.74, 6) is 1.28. The van der Waals surface area contributed by atoms with Crippen molar-refractivity contribution >= 4 is 43.6 Å². The summed E-state index contributed by atoms with van der Waals surface area (Å²) >= 11 is 0. The minimum Gasteiger partial charge on any atom is -0.344 e. The van der Waals surface area contributed by atoms with Crippen LogP contribution in [-0.4, -0.2) is 9.13 Å². The van der Waals surface area contributed by atoms with Crippen LogP contribution in [-0.2, 0) is 26.9 Å². The topological polar surface area (TPSA) is 9.86 Å². The van der Waals surface area contributed by atoms with Crippen molar-refractivity contribution in [3.63, 3.8) is 0 Å². The Hall–Kier alpha value is -5.08. The zero-order valence-electron chi connectivity index (χ0n) is 29.2. The second-order valence-corrected chi connectivity index (χ2v) is 14.1. The van der Waals surface area contributed by atoms with Crippen LogP contribution in [0.4, 0.5) is 0 Å². The normalized spacial score (nSPS) is 11.7. The van der Waals surface area contributed by atoms with Gasteiger partial charge in [0, 0.05) is 57.7 Å². The highest BCUT2D eigenvalue weighted by molar-refractivity contribution is 6.10. The van der Waals surface area contributed by atoms with Gasteiger partial charge in [-0.15, -0.1) is 0 Å². The van der Waals surface area contributed by atoms with Gasteiger partial charge < -0.3 is 9.13 Å². The molecular weight excluding hydrogens is 581 g/mol. The third-order valence-electron chi connectivity index (χ3n) is 9.70. The molecule has 0 fully saturated rings. The fourth-order valence-electron chi connectivity index (χ4n) is 7.49. The molecule has 0 aliphatic carbocycles. The van der Waals surface area contributed by atoms with E-state index in [1.807, 2.05) is 0 Å². The van der Waals surface area contributed by atoms with Crippen molar-refractivity contribution in [3.05, 3.63) is 145 Å². The molecule has 8 rings (SSSR count). The van der Waals surface area contributed by atoms with Gasteiger partial charge in [-0.2, -0.15) is 0 Å². The van der Waals surface area contributed by atoms with Crippen molar-refractivity contribution in [2.75, 3.05) is 0 Å². The Morgan fingerprint density at radius 2 is 0.792 bits per heavy atom. The molecule has 6 aromatic carbocycles. The van der Waals surface area contributed by atoms with Crippen molar-refractivity contribution in [1.29, 1.82) is 0 Å². The molecule has 0 N–H and O–H groups in total. The molecule has 0 radical (unpaired) electrons. The molecule has 2 heteroatoms. The summed E-state index contributed by atoms with van der Waals surface area (Å²) in [6, 6.07) is 48.5. The van der Waals surface area contributed by atoms with E-state index in [1.54, 1.807) is 0 Å². The van der Waals surface area contributed by atoms with Gasteiger partial charge in [0.25, 0.3) is 0 Å². The Morgan fingerprint density at radius 1 is 0.396 bits per heavy atom. The van der Waals surface area contributed by atoms with Crippen LogP contribution < -0.4 is 0 Å². The molecule has 0 spiro atoms. The number of hydrogen-bond donors (Lipinski definition) is 0. The average molecular weight is 627 g/mol. The second-order valence-electron chi connectivity index (χ2n) is 14.1. The van der Waals surface area contributed by atoms with Gasteiger partial charge in [-0.25, -0.2) is 0 Å². The minimum absolute atomic E-state index is 0.639. The molecule has 2 heterocycles. The molecule has 0 amide bonds. The molecule has 0 aliphatic heterocycles. The molecule has 0 saturated heterocycles. The lowest BCUT2D eigenvalue weighted by Gasteiger charge is -2.13. The lowest BCUT2D eigenvalue weighted by atomic mass is 9.92. The molecule has 2 aromatic heterocycles. The summed E-state index contributed by atoms with van der Waals surface area (Å²) in [5.41, 5.74) is 13.5. The smallest absolute Gasteiger partial charge is 0.0495 e. The van der Waals surface area contributed by atoms with E-state index >= 15 is 0 Å².